The van der Waals surface area contributed by atoms with Gasteiger partial charge in [-0.05, 0) is 54.4 Å². The van der Waals surface area contributed by atoms with Gasteiger partial charge in [0.15, 0.2) is 0 Å². The number of methoxy groups -OCH3 is 1. The quantitative estimate of drug-likeness (QED) is 0.338. The molecule has 0 aliphatic rings. The van der Waals surface area contributed by atoms with E-state index >= 15 is 0 Å². The van der Waals surface area contributed by atoms with E-state index in [9.17, 15) is 18.0 Å². The van der Waals surface area contributed by atoms with E-state index in [2.05, 4.69) is 21.2 Å². The van der Waals surface area contributed by atoms with Crippen LogP contribution in [-0.4, -0.2) is 57.6 Å². The molecule has 0 fully saturated rings. The van der Waals surface area contributed by atoms with Crippen molar-refractivity contribution in [2.45, 2.75) is 25.9 Å². The van der Waals surface area contributed by atoms with Crippen LogP contribution in [0.2, 0.25) is 0 Å². The zero-order valence-corrected chi connectivity index (χ0v) is 24.0. The third-order valence-corrected chi connectivity index (χ3v) is 7.60. The maximum absolute atomic E-state index is 13.9. The van der Waals surface area contributed by atoms with Crippen molar-refractivity contribution in [3.8, 4) is 5.75 Å². The summed E-state index contributed by atoms with van der Waals surface area (Å²) in [7, 11) is -2.31. The molecule has 202 valence electrons. The number of nitrogens with zero attached hydrogens (tertiary/aromatic N) is 2. The second-order valence-corrected chi connectivity index (χ2v) is 11.5. The maximum atomic E-state index is 13.9. The summed E-state index contributed by atoms with van der Waals surface area (Å²) < 4.78 is 32.7. The Kier molecular flexibility index (Phi) is 10.3. The summed E-state index contributed by atoms with van der Waals surface area (Å²) >= 11 is 3.42. The number of anilines is 1. The Morgan fingerprint density at radius 2 is 1.58 bits per heavy atom. The van der Waals surface area contributed by atoms with E-state index in [1.54, 1.807) is 24.3 Å². The number of likely N-dealkylation sites (N-methyl/N-ethyl adjacent to an activating group) is 1. The number of hydrogen-bond donors (Lipinski definition) is 1. The molecule has 0 bridgehead atoms. The first kappa shape index (κ1) is 29.2. The number of hydrogen-bond acceptors (Lipinski definition) is 5. The number of rotatable bonds is 12. The molecule has 0 saturated carbocycles. The highest BCUT2D eigenvalue weighted by Gasteiger charge is 2.32. The highest BCUT2D eigenvalue weighted by atomic mass is 79.9. The van der Waals surface area contributed by atoms with E-state index < -0.39 is 28.5 Å². The molecule has 0 spiro atoms. The zero-order chi connectivity index (χ0) is 27.7. The third-order valence-electron chi connectivity index (χ3n) is 5.93. The van der Waals surface area contributed by atoms with Gasteiger partial charge in [0.25, 0.3) is 0 Å². The Morgan fingerprint density at radius 1 is 0.947 bits per heavy atom. The van der Waals surface area contributed by atoms with Crippen LogP contribution in [0, 0.1) is 0 Å². The van der Waals surface area contributed by atoms with Gasteiger partial charge in [-0.1, -0.05) is 58.4 Å². The molecule has 2 amide bonds. The van der Waals surface area contributed by atoms with Crippen molar-refractivity contribution in [3.63, 3.8) is 0 Å². The van der Waals surface area contributed by atoms with E-state index in [1.807, 2.05) is 61.5 Å². The molecule has 1 N–H and O–H groups in total. The van der Waals surface area contributed by atoms with Crippen LogP contribution in [0.1, 0.15) is 18.1 Å². The average Bonchev–Trinajstić information content (AvgIpc) is 2.90. The molecular formula is C28H32BrN3O5S. The van der Waals surface area contributed by atoms with E-state index in [-0.39, 0.29) is 18.9 Å². The molecule has 0 aliphatic carbocycles. The molecule has 0 aromatic heterocycles. The third kappa shape index (κ3) is 8.06. The smallest absolute Gasteiger partial charge is 0.244 e. The van der Waals surface area contributed by atoms with Gasteiger partial charge >= 0.3 is 0 Å². The Hall–Kier alpha value is -3.37. The Balaban J connectivity index is 2.01. The maximum Gasteiger partial charge on any atom is 0.244 e. The highest BCUT2D eigenvalue weighted by Crippen LogP contribution is 2.23. The molecule has 8 nitrogen and oxygen atoms in total. The van der Waals surface area contributed by atoms with Crippen molar-refractivity contribution in [2.24, 2.45) is 0 Å². The van der Waals surface area contributed by atoms with Crippen molar-refractivity contribution in [2.75, 3.05) is 30.8 Å². The van der Waals surface area contributed by atoms with Gasteiger partial charge in [0, 0.05) is 24.0 Å². The molecule has 38 heavy (non-hydrogen) atoms. The summed E-state index contributed by atoms with van der Waals surface area (Å²) in [6.07, 6.45) is 1.32. The molecule has 3 aromatic rings. The Bertz CT molecular complexity index is 1320. The summed E-state index contributed by atoms with van der Waals surface area (Å²) in [6.45, 7) is 1.87. The number of sulfonamides is 1. The SMILES string of the molecule is CCNC(=O)[C@H](Cc1ccccc1)N(Cc1ccc(Br)cc1)C(=O)CN(c1ccc(OC)cc1)S(C)(=O)=O. The minimum Gasteiger partial charge on any atom is -0.497 e. The van der Waals surface area contributed by atoms with E-state index in [0.717, 1.165) is 26.2 Å². The second kappa shape index (κ2) is 13.4. The standard InChI is InChI=1S/C28H32BrN3O5S/c1-4-30-28(34)26(18-21-8-6-5-7-9-21)31(19-22-10-12-23(29)13-11-22)27(33)20-32(38(3,35)36)24-14-16-25(37-2)17-15-24/h5-17,26H,4,18-20H2,1-3H3,(H,30,34)/t26-/m0/s1. The van der Waals surface area contributed by atoms with Crippen LogP contribution in [0.15, 0.2) is 83.3 Å². The van der Waals surface area contributed by atoms with Gasteiger partial charge in [-0.2, -0.15) is 0 Å². The summed E-state index contributed by atoms with van der Waals surface area (Å²) in [5.74, 6) is -0.247. The molecule has 3 rings (SSSR count). The van der Waals surface area contributed by atoms with Gasteiger partial charge in [0.2, 0.25) is 21.8 Å². The van der Waals surface area contributed by atoms with Crippen LogP contribution in [0.4, 0.5) is 5.69 Å². The molecular weight excluding hydrogens is 570 g/mol. The molecule has 1 atom stereocenters. The number of halogens is 1. The van der Waals surface area contributed by atoms with E-state index in [4.69, 9.17) is 4.74 Å². The van der Waals surface area contributed by atoms with Gasteiger partial charge in [0.1, 0.15) is 18.3 Å². The number of amides is 2. The summed E-state index contributed by atoms with van der Waals surface area (Å²) in [4.78, 5) is 28.7. The predicted octanol–water partition coefficient (Wildman–Crippen LogP) is 4.00. The lowest BCUT2D eigenvalue weighted by Gasteiger charge is -2.33. The largest absolute Gasteiger partial charge is 0.497 e. The van der Waals surface area contributed by atoms with Crippen LogP contribution in [-0.2, 0) is 32.6 Å². The van der Waals surface area contributed by atoms with Crippen molar-refractivity contribution < 1.29 is 22.7 Å². The van der Waals surface area contributed by atoms with Gasteiger partial charge in [-0.3, -0.25) is 13.9 Å². The van der Waals surface area contributed by atoms with Gasteiger partial charge in [0.05, 0.1) is 19.1 Å². The molecule has 0 saturated heterocycles. The molecule has 0 radical (unpaired) electrons. The van der Waals surface area contributed by atoms with Gasteiger partial charge < -0.3 is 15.0 Å². The summed E-state index contributed by atoms with van der Waals surface area (Å²) in [5.41, 5.74) is 2.01. The first-order valence-corrected chi connectivity index (χ1v) is 14.7. The number of nitrogens with one attached hydrogen (secondary N) is 1. The monoisotopic (exact) mass is 601 g/mol. The fourth-order valence-electron chi connectivity index (χ4n) is 3.99. The normalized spacial score (nSPS) is 11.9. The fourth-order valence-corrected chi connectivity index (χ4v) is 5.11. The number of ether oxygens (including phenoxy) is 1. The summed E-state index contributed by atoms with van der Waals surface area (Å²) in [6, 6.07) is 22.4. The minimum atomic E-state index is -3.82. The van der Waals surface area contributed by atoms with E-state index in [0.29, 0.717) is 18.0 Å². The molecule has 3 aromatic carbocycles. The lowest BCUT2D eigenvalue weighted by Crippen LogP contribution is -2.53. The van der Waals surface area contributed by atoms with Crippen molar-refractivity contribution in [3.05, 3.63) is 94.5 Å². The predicted molar refractivity (Wildman–Crippen MR) is 152 cm³/mol. The molecule has 0 aliphatic heterocycles. The van der Waals surface area contributed by atoms with Crippen LogP contribution in [0.3, 0.4) is 0 Å². The molecule has 10 heteroatoms. The van der Waals surface area contributed by atoms with Crippen molar-refractivity contribution >= 4 is 43.5 Å². The lowest BCUT2D eigenvalue weighted by molar-refractivity contribution is -0.140. The summed E-state index contributed by atoms with van der Waals surface area (Å²) in [5, 5.41) is 2.84. The van der Waals surface area contributed by atoms with Crippen LogP contribution in [0.25, 0.3) is 0 Å². The van der Waals surface area contributed by atoms with Gasteiger partial charge in [-0.15, -0.1) is 0 Å². The Morgan fingerprint density at radius 3 is 2.13 bits per heavy atom. The first-order chi connectivity index (χ1) is 18.1. The second-order valence-electron chi connectivity index (χ2n) is 8.72. The highest BCUT2D eigenvalue weighted by molar-refractivity contribution is 9.10. The van der Waals surface area contributed by atoms with Crippen LogP contribution in [0.5, 0.6) is 5.75 Å². The van der Waals surface area contributed by atoms with Crippen LogP contribution >= 0.6 is 15.9 Å². The topological polar surface area (TPSA) is 96.0 Å². The number of carbonyl (C=O) groups excluding carboxylic acids is 2. The van der Waals surface area contributed by atoms with Crippen LogP contribution < -0.4 is 14.4 Å². The number of benzene rings is 3. The molecule has 0 unspecified atom stereocenters. The average molecular weight is 603 g/mol. The lowest BCUT2D eigenvalue weighted by atomic mass is 10.0. The zero-order valence-electron chi connectivity index (χ0n) is 21.6. The Labute approximate surface area is 232 Å². The fraction of sp³-hybridized carbons (Fsp3) is 0.286. The van der Waals surface area contributed by atoms with E-state index in [1.165, 1.54) is 12.0 Å². The van der Waals surface area contributed by atoms with Crippen molar-refractivity contribution in [1.29, 1.82) is 0 Å². The van der Waals surface area contributed by atoms with Crippen molar-refractivity contribution in [1.82, 2.24) is 10.2 Å². The minimum absolute atomic E-state index is 0.126. The van der Waals surface area contributed by atoms with Gasteiger partial charge in [-0.25, -0.2) is 8.42 Å². The molecule has 0 heterocycles. The number of carbonyl (C=O) groups is 2. The first-order valence-electron chi connectivity index (χ1n) is 12.1.